The quantitative estimate of drug-likeness (QED) is 0.548. The summed E-state index contributed by atoms with van der Waals surface area (Å²) in [5, 5.41) is 9.26. The van der Waals surface area contributed by atoms with Gasteiger partial charge < -0.3 is 19.5 Å². The van der Waals surface area contributed by atoms with Crippen LogP contribution in [0.15, 0.2) is 53.1 Å². The van der Waals surface area contributed by atoms with Crippen LogP contribution in [0, 0.1) is 18.3 Å². The molecule has 7 heteroatoms. The van der Waals surface area contributed by atoms with Crippen LogP contribution in [0.3, 0.4) is 0 Å². The second-order valence-electron chi connectivity index (χ2n) is 6.32. The van der Waals surface area contributed by atoms with Gasteiger partial charge in [0.05, 0.1) is 18.4 Å². The molecule has 0 aliphatic carbocycles. The second-order valence-corrected chi connectivity index (χ2v) is 6.32. The fraction of sp³-hybridized carbons (Fsp3) is 0.0952. The standard InChI is InChI=1S/C21H16N4O3/c1-12-4-3-5-13(8-12)20-24-16-7-6-15(9-17(16)28-20)25-11-14(10-22)18(23)19(25)21(26)27-2/h3-9,11H,23H2,1-2H3. The fourth-order valence-corrected chi connectivity index (χ4v) is 3.08. The topological polar surface area (TPSA) is 107 Å². The normalized spacial score (nSPS) is 10.8. The molecule has 2 heterocycles. The molecule has 7 nitrogen and oxygen atoms in total. The number of aromatic nitrogens is 2. The third-order valence-corrected chi connectivity index (χ3v) is 4.46. The van der Waals surface area contributed by atoms with E-state index < -0.39 is 5.97 Å². The number of ether oxygens (including phenoxy) is 1. The maximum atomic E-state index is 12.2. The number of nitriles is 1. The molecule has 2 aromatic heterocycles. The minimum absolute atomic E-state index is 0.0764. The third kappa shape index (κ3) is 2.77. The summed E-state index contributed by atoms with van der Waals surface area (Å²) < 4.78 is 12.3. The summed E-state index contributed by atoms with van der Waals surface area (Å²) in [6, 6.07) is 15.2. The van der Waals surface area contributed by atoms with Crippen LogP contribution in [0.25, 0.3) is 28.2 Å². The number of benzene rings is 2. The molecule has 0 spiro atoms. The average molecular weight is 372 g/mol. The van der Waals surface area contributed by atoms with Gasteiger partial charge in [-0.3, -0.25) is 0 Å². The molecule has 2 N–H and O–H groups in total. The molecule has 28 heavy (non-hydrogen) atoms. The van der Waals surface area contributed by atoms with Crippen LogP contribution in [0.1, 0.15) is 21.6 Å². The molecule has 0 unspecified atom stereocenters. The number of nitrogen functional groups attached to an aromatic ring is 1. The first-order valence-electron chi connectivity index (χ1n) is 8.49. The summed E-state index contributed by atoms with van der Waals surface area (Å²) in [5.41, 5.74) is 10.1. The number of esters is 1. The van der Waals surface area contributed by atoms with Crippen LogP contribution >= 0.6 is 0 Å². The summed E-state index contributed by atoms with van der Waals surface area (Å²) in [6.07, 6.45) is 1.50. The summed E-state index contributed by atoms with van der Waals surface area (Å²) in [5.74, 6) is -0.120. The smallest absolute Gasteiger partial charge is 0.357 e. The Balaban J connectivity index is 1.85. The zero-order valence-electron chi connectivity index (χ0n) is 15.3. The molecule has 0 saturated heterocycles. The second kappa shape index (κ2) is 6.59. The summed E-state index contributed by atoms with van der Waals surface area (Å²) in [4.78, 5) is 16.7. The maximum Gasteiger partial charge on any atom is 0.357 e. The van der Waals surface area contributed by atoms with E-state index >= 15 is 0 Å². The molecular weight excluding hydrogens is 356 g/mol. The van der Waals surface area contributed by atoms with Crippen molar-refractivity contribution in [2.24, 2.45) is 0 Å². The number of hydrogen-bond donors (Lipinski definition) is 1. The number of fused-ring (bicyclic) bond motifs is 1. The molecule has 0 fully saturated rings. The number of rotatable bonds is 3. The minimum atomic E-state index is -0.628. The summed E-state index contributed by atoms with van der Waals surface area (Å²) >= 11 is 0. The molecule has 138 valence electrons. The average Bonchev–Trinajstić information content (AvgIpc) is 3.27. The van der Waals surface area contributed by atoms with Crippen molar-refractivity contribution in [3.05, 3.63) is 65.5 Å². The van der Waals surface area contributed by atoms with Crippen molar-refractivity contribution in [2.45, 2.75) is 6.92 Å². The van der Waals surface area contributed by atoms with Crippen molar-refractivity contribution in [1.82, 2.24) is 9.55 Å². The van der Waals surface area contributed by atoms with E-state index in [1.165, 1.54) is 17.9 Å². The lowest BCUT2D eigenvalue weighted by Gasteiger charge is -2.08. The van der Waals surface area contributed by atoms with Crippen molar-refractivity contribution >= 4 is 22.8 Å². The van der Waals surface area contributed by atoms with E-state index in [9.17, 15) is 10.1 Å². The van der Waals surface area contributed by atoms with Gasteiger partial charge in [-0.05, 0) is 31.2 Å². The molecule has 0 atom stereocenters. The number of nitrogens with zero attached hydrogens (tertiary/aromatic N) is 3. The number of carbonyl (C=O) groups is 1. The Hall–Kier alpha value is -4.05. The van der Waals surface area contributed by atoms with Gasteiger partial charge in [-0.1, -0.05) is 17.7 Å². The molecule has 0 aliphatic heterocycles. The van der Waals surface area contributed by atoms with E-state index in [2.05, 4.69) is 4.98 Å². The summed E-state index contributed by atoms with van der Waals surface area (Å²) in [7, 11) is 1.26. The maximum absolute atomic E-state index is 12.2. The van der Waals surface area contributed by atoms with Crippen molar-refractivity contribution in [1.29, 1.82) is 5.26 Å². The molecule has 4 rings (SSSR count). The van der Waals surface area contributed by atoms with Crippen molar-refractivity contribution < 1.29 is 13.9 Å². The van der Waals surface area contributed by atoms with Crippen LogP contribution in [0.4, 0.5) is 5.69 Å². The van der Waals surface area contributed by atoms with Gasteiger partial charge in [0, 0.05) is 23.5 Å². The largest absolute Gasteiger partial charge is 0.464 e. The highest BCUT2D eigenvalue weighted by Crippen LogP contribution is 2.29. The van der Waals surface area contributed by atoms with E-state index in [-0.39, 0.29) is 16.9 Å². The first-order chi connectivity index (χ1) is 13.5. The van der Waals surface area contributed by atoms with Gasteiger partial charge in [0.2, 0.25) is 5.89 Å². The van der Waals surface area contributed by atoms with Gasteiger partial charge in [-0.25, -0.2) is 9.78 Å². The molecule has 4 aromatic rings. The van der Waals surface area contributed by atoms with Gasteiger partial charge in [-0.15, -0.1) is 0 Å². The SMILES string of the molecule is COC(=O)c1c(N)c(C#N)cn1-c1ccc2nc(-c3cccc(C)c3)oc2c1. The Morgan fingerprint density at radius 1 is 1.29 bits per heavy atom. The van der Waals surface area contributed by atoms with Gasteiger partial charge in [0.25, 0.3) is 0 Å². The fourth-order valence-electron chi connectivity index (χ4n) is 3.08. The van der Waals surface area contributed by atoms with Gasteiger partial charge in [-0.2, -0.15) is 5.26 Å². The van der Waals surface area contributed by atoms with Crippen molar-refractivity contribution in [3.63, 3.8) is 0 Å². The van der Waals surface area contributed by atoms with E-state index in [1.807, 2.05) is 37.3 Å². The Kier molecular flexibility index (Phi) is 4.09. The van der Waals surface area contributed by atoms with E-state index in [1.54, 1.807) is 18.2 Å². The Labute approximate surface area is 160 Å². The molecule has 0 bridgehead atoms. The van der Waals surface area contributed by atoms with Crippen molar-refractivity contribution in [3.8, 4) is 23.2 Å². The Morgan fingerprint density at radius 3 is 2.82 bits per heavy atom. The predicted molar refractivity (Wildman–Crippen MR) is 104 cm³/mol. The number of oxazole rings is 1. The molecule has 0 saturated carbocycles. The highest BCUT2D eigenvalue weighted by molar-refractivity contribution is 5.96. The third-order valence-electron chi connectivity index (χ3n) is 4.46. The lowest BCUT2D eigenvalue weighted by atomic mass is 10.1. The minimum Gasteiger partial charge on any atom is -0.464 e. The Morgan fingerprint density at radius 2 is 2.11 bits per heavy atom. The highest BCUT2D eigenvalue weighted by atomic mass is 16.5. The molecule has 0 amide bonds. The van der Waals surface area contributed by atoms with Crippen LogP contribution < -0.4 is 5.73 Å². The molecule has 0 aliphatic rings. The lowest BCUT2D eigenvalue weighted by Crippen LogP contribution is -2.11. The first-order valence-corrected chi connectivity index (χ1v) is 8.49. The first kappa shape index (κ1) is 17.4. The number of aryl methyl sites for hydroxylation is 1. The van der Waals surface area contributed by atoms with Crippen LogP contribution in [0.5, 0.6) is 0 Å². The number of methoxy groups -OCH3 is 1. The lowest BCUT2D eigenvalue weighted by molar-refractivity contribution is 0.0593. The van der Waals surface area contributed by atoms with E-state index in [0.29, 0.717) is 22.7 Å². The van der Waals surface area contributed by atoms with Crippen LogP contribution in [0.2, 0.25) is 0 Å². The van der Waals surface area contributed by atoms with E-state index in [0.717, 1.165) is 11.1 Å². The number of anilines is 1. The van der Waals surface area contributed by atoms with Crippen LogP contribution in [-0.4, -0.2) is 22.6 Å². The van der Waals surface area contributed by atoms with Crippen LogP contribution in [-0.2, 0) is 4.74 Å². The van der Waals surface area contributed by atoms with E-state index in [4.69, 9.17) is 14.9 Å². The Bertz CT molecular complexity index is 1260. The van der Waals surface area contributed by atoms with Gasteiger partial charge in [0.15, 0.2) is 11.3 Å². The monoisotopic (exact) mass is 372 g/mol. The van der Waals surface area contributed by atoms with Gasteiger partial charge in [0.1, 0.15) is 11.6 Å². The molecular formula is C21H16N4O3. The number of hydrogen-bond acceptors (Lipinski definition) is 6. The molecule has 2 aromatic carbocycles. The zero-order valence-corrected chi connectivity index (χ0v) is 15.3. The highest BCUT2D eigenvalue weighted by Gasteiger charge is 2.22. The summed E-state index contributed by atoms with van der Waals surface area (Å²) in [6.45, 7) is 2.00. The number of carbonyl (C=O) groups excluding carboxylic acids is 1. The zero-order chi connectivity index (χ0) is 19.8. The van der Waals surface area contributed by atoms with Crippen molar-refractivity contribution in [2.75, 3.05) is 12.8 Å². The predicted octanol–water partition coefficient (Wildman–Crippen LogP) is 3.83. The molecule has 0 radical (unpaired) electrons. The van der Waals surface area contributed by atoms with Gasteiger partial charge >= 0.3 is 5.97 Å². The number of nitrogens with two attached hydrogens (primary N) is 1.